The monoisotopic (exact) mass is 272 g/mol. The number of methoxy groups -OCH3 is 1. The molecule has 7 heteroatoms. The third-order valence-corrected chi connectivity index (χ3v) is 2.76. The first-order chi connectivity index (χ1) is 8.56. The molecule has 0 aromatic carbocycles. The van der Waals surface area contributed by atoms with Gasteiger partial charge in [0.05, 0.1) is 6.61 Å². The van der Waals surface area contributed by atoms with Gasteiger partial charge in [0.2, 0.25) is 5.91 Å². The predicted molar refractivity (Wildman–Crippen MR) is 69.7 cm³/mol. The van der Waals surface area contributed by atoms with Crippen LogP contribution in [-0.4, -0.2) is 42.2 Å². The minimum Gasteiger partial charge on any atom is -0.383 e. The normalized spacial score (nSPS) is 12.0. The third-order valence-electron chi connectivity index (χ3n) is 2.37. The van der Waals surface area contributed by atoms with Gasteiger partial charge in [-0.25, -0.2) is 9.97 Å². The van der Waals surface area contributed by atoms with Crippen LogP contribution >= 0.6 is 11.6 Å². The highest BCUT2D eigenvalue weighted by molar-refractivity contribution is 6.30. The van der Waals surface area contributed by atoms with Gasteiger partial charge in [-0.05, 0) is 13.8 Å². The molecular weight excluding hydrogens is 256 g/mol. The van der Waals surface area contributed by atoms with Crippen LogP contribution in [-0.2, 0) is 9.53 Å². The molecule has 1 heterocycles. The Morgan fingerprint density at radius 2 is 2.28 bits per heavy atom. The first-order valence-corrected chi connectivity index (χ1v) is 5.94. The fourth-order valence-electron chi connectivity index (χ4n) is 1.27. The highest BCUT2D eigenvalue weighted by Crippen LogP contribution is 2.18. The van der Waals surface area contributed by atoms with E-state index in [9.17, 15) is 4.79 Å². The van der Waals surface area contributed by atoms with E-state index >= 15 is 0 Å². The number of carbonyl (C=O) groups excluding carboxylic acids is 1. The Hall–Kier alpha value is -1.40. The summed E-state index contributed by atoms with van der Waals surface area (Å²) in [4.78, 5) is 19.6. The number of carbonyl (C=O) groups is 1. The van der Waals surface area contributed by atoms with E-state index in [1.165, 1.54) is 6.33 Å². The number of aromatic nitrogens is 2. The highest BCUT2D eigenvalue weighted by Gasteiger charge is 2.14. The maximum atomic E-state index is 11.7. The molecule has 0 saturated carbocycles. The Balaban J connectivity index is 2.56. The first-order valence-electron chi connectivity index (χ1n) is 5.56. The minimum atomic E-state index is -0.411. The number of nitrogens with zero attached hydrogens (tertiary/aromatic N) is 2. The molecule has 1 unspecified atom stereocenters. The second-order valence-corrected chi connectivity index (χ2v) is 4.15. The largest absolute Gasteiger partial charge is 0.383 e. The fraction of sp³-hybridized carbons (Fsp3) is 0.545. The van der Waals surface area contributed by atoms with Crippen LogP contribution in [0.4, 0.5) is 5.82 Å². The smallest absolute Gasteiger partial charge is 0.242 e. The lowest BCUT2D eigenvalue weighted by Gasteiger charge is -2.15. The van der Waals surface area contributed by atoms with Gasteiger partial charge in [-0.2, -0.15) is 0 Å². The number of amides is 1. The first kappa shape index (κ1) is 14.7. The summed E-state index contributed by atoms with van der Waals surface area (Å²) >= 11 is 5.87. The van der Waals surface area contributed by atoms with Crippen molar-refractivity contribution in [3.8, 4) is 0 Å². The number of rotatable bonds is 6. The number of ether oxygens (including phenoxy) is 1. The molecule has 6 nitrogen and oxygen atoms in total. The summed E-state index contributed by atoms with van der Waals surface area (Å²) in [5.41, 5.74) is 0.718. The molecule has 0 aliphatic heterocycles. The van der Waals surface area contributed by atoms with Crippen LogP contribution < -0.4 is 10.6 Å². The molecule has 0 radical (unpaired) electrons. The van der Waals surface area contributed by atoms with Crippen LogP contribution in [0.5, 0.6) is 0 Å². The van der Waals surface area contributed by atoms with Crippen LogP contribution in [0, 0.1) is 6.92 Å². The molecule has 100 valence electrons. The Kier molecular flexibility index (Phi) is 5.80. The fourth-order valence-corrected chi connectivity index (χ4v) is 1.41. The average Bonchev–Trinajstić information content (AvgIpc) is 2.35. The number of halogens is 1. The van der Waals surface area contributed by atoms with Gasteiger partial charge in [0.15, 0.2) is 0 Å². The Morgan fingerprint density at radius 1 is 1.56 bits per heavy atom. The second kappa shape index (κ2) is 7.13. The number of hydrogen-bond acceptors (Lipinski definition) is 5. The summed E-state index contributed by atoms with van der Waals surface area (Å²) in [6.45, 7) is 4.50. The molecule has 0 fully saturated rings. The molecule has 0 aliphatic rings. The SMILES string of the molecule is COCCNC(=O)C(C)Nc1ncnc(Cl)c1C. The topological polar surface area (TPSA) is 76.1 Å². The van der Waals surface area contributed by atoms with Gasteiger partial charge in [0.25, 0.3) is 0 Å². The Bertz CT molecular complexity index is 414. The van der Waals surface area contributed by atoms with Crippen molar-refractivity contribution in [1.82, 2.24) is 15.3 Å². The molecule has 18 heavy (non-hydrogen) atoms. The van der Waals surface area contributed by atoms with E-state index in [-0.39, 0.29) is 5.91 Å². The zero-order valence-electron chi connectivity index (χ0n) is 10.7. The van der Waals surface area contributed by atoms with Crippen LogP contribution in [0.3, 0.4) is 0 Å². The quantitative estimate of drug-likeness (QED) is 0.597. The van der Waals surface area contributed by atoms with Crippen LogP contribution in [0.2, 0.25) is 5.15 Å². The summed E-state index contributed by atoms with van der Waals surface area (Å²) in [7, 11) is 1.58. The number of nitrogens with one attached hydrogen (secondary N) is 2. The van der Waals surface area contributed by atoms with E-state index in [0.29, 0.717) is 24.1 Å². The van der Waals surface area contributed by atoms with Gasteiger partial charge in [0.1, 0.15) is 23.3 Å². The van der Waals surface area contributed by atoms with Crippen molar-refractivity contribution in [2.75, 3.05) is 25.6 Å². The molecule has 0 bridgehead atoms. The van der Waals surface area contributed by atoms with Crippen molar-refractivity contribution in [3.05, 3.63) is 17.0 Å². The van der Waals surface area contributed by atoms with Gasteiger partial charge in [-0.3, -0.25) is 4.79 Å². The summed E-state index contributed by atoms with van der Waals surface area (Å²) in [5.74, 6) is 0.436. The number of hydrogen-bond donors (Lipinski definition) is 2. The van der Waals surface area contributed by atoms with Crippen LogP contribution in [0.15, 0.2) is 6.33 Å². The van der Waals surface area contributed by atoms with Crippen LogP contribution in [0.1, 0.15) is 12.5 Å². The van der Waals surface area contributed by atoms with Gasteiger partial charge in [0, 0.05) is 19.2 Å². The van der Waals surface area contributed by atoms with Gasteiger partial charge in [-0.1, -0.05) is 11.6 Å². The predicted octanol–water partition coefficient (Wildman–Crippen LogP) is 1.00. The molecule has 1 atom stereocenters. The molecule has 1 rings (SSSR count). The lowest BCUT2D eigenvalue weighted by molar-refractivity contribution is -0.121. The molecule has 2 N–H and O–H groups in total. The van der Waals surface area contributed by atoms with Crippen molar-refractivity contribution in [1.29, 1.82) is 0 Å². The lowest BCUT2D eigenvalue weighted by atomic mass is 10.2. The minimum absolute atomic E-state index is 0.124. The molecule has 0 aliphatic carbocycles. The zero-order valence-corrected chi connectivity index (χ0v) is 11.4. The molecule has 1 amide bonds. The Morgan fingerprint density at radius 3 is 2.94 bits per heavy atom. The van der Waals surface area contributed by atoms with E-state index < -0.39 is 6.04 Å². The van der Waals surface area contributed by atoms with E-state index in [4.69, 9.17) is 16.3 Å². The van der Waals surface area contributed by atoms with Crippen molar-refractivity contribution in [3.63, 3.8) is 0 Å². The van der Waals surface area contributed by atoms with Gasteiger partial charge in [-0.15, -0.1) is 0 Å². The zero-order chi connectivity index (χ0) is 13.5. The van der Waals surface area contributed by atoms with E-state index in [1.54, 1.807) is 21.0 Å². The van der Waals surface area contributed by atoms with Crippen LogP contribution in [0.25, 0.3) is 0 Å². The summed E-state index contributed by atoms with van der Waals surface area (Å²) in [6.07, 6.45) is 1.35. The molecule has 0 saturated heterocycles. The van der Waals surface area contributed by atoms with Crippen molar-refractivity contribution in [2.45, 2.75) is 19.9 Å². The van der Waals surface area contributed by atoms with E-state index in [2.05, 4.69) is 20.6 Å². The molecule has 1 aromatic rings. The third kappa shape index (κ3) is 4.12. The Labute approximate surface area is 111 Å². The summed E-state index contributed by atoms with van der Waals surface area (Å²) in [5, 5.41) is 6.10. The number of anilines is 1. The molecule has 0 spiro atoms. The summed E-state index contributed by atoms with van der Waals surface area (Å²) < 4.78 is 4.85. The molecule has 1 aromatic heterocycles. The van der Waals surface area contributed by atoms with Crippen molar-refractivity contribution >= 4 is 23.3 Å². The standard InChI is InChI=1S/C11H17ClN4O2/c1-7-9(12)14-6-15-10(7)16-8(2)11(17)13-4-5-18-3/h6,8H,4-5H2,1-3H3,(H,13,17)(H,14,15,16). The van der Waals surface area contributed by atoms with E-state index in [0.717, 1.165) is 5.56 Å². The maximum absolute atomic E-state index is 11.7. The van der Waals surface area contributed by atoms with Crippen molar-refractivity contribution in [2.24, 2.45) is 0 Å². The lowest BCUT2D eigenvalue weighted by Crippen LogP contribution is -2.39. The van der Waals surface area contributed by atoms with E-state index in [1.807, 2.05) is 0 Å². The van der Waals surface area contributed by atoms with Gasteiger partial charge >= 0.3 is 0 Å². The average molecular weight is 273 g/mol. The van der Waals surface area contributed by atoms with Crippen molar-refractivity contribution < 1.29 is 9.53 Å². The van der Waals surface area contributed by atoms with Gasteiger partial charge < -0.3 is 15.4 Å². The second-order valence-electron chi connectivity index (χ2n) is 3.79. The maximum Gasteiger partial charge on any atom is 0.242 e. The molecular formula is C11H17ClN4O2. The highest BCUT2D eigenvalue weighted by atomic mass is 35.5. The summed E-state index contributed by atoms with van der Waals surface area (Å²) in [6, 6.07) is -0.411.